The van der Waals surface area contributed by atoms with Crippen LogP contribution in [0.15, 0.2) is 83.1 Å². The summed E-state index contributed by atoms with van der Waals surface area (Å²) in [6, 6.07) is 6.34. The fourth-order valence-electron chi connectivity index (χ4n) is 3.60. The fourth-order valence-corrected chi connectivity index (χ4v) is 3.86. The van der Waals surface area contributed by atoms with Gasteiger partial charge in [-0.2, -0.15) is 0 Å². The number of carbonyl (C=O) groups is 2. The Balaban J connectivity index is 1.74. The summed E-state index contributed by atoms with van der Waals surface area (Å²) in [6.07, 6.45) is 9.38. The Bertz CT molecular complexity index is 933. The van der Waals surface area contributed by atoms with Crippen LogP contribution in [-0.2, 0) is 0 Å². The number of benzene rings is 1. The highest BCUT2D eigenvalue weighted by atomic mass is 35.5. The summed E-state index contributed by atoms with van der Waals surface area (Å²) in [7, 11) is 0. The normalized spacial score (nSPS) is 22.4. The van der Waals surface area contributed by atoms with Gasteiger partial charge in [0.05, 0.1) is 23.2 Å². The highest BCUT2D eigenvalue weighted by Gasteiger charge is 2.40. The van der Waals surface area contributed by atoms with Crippen LogP contribution in [0.3, 0.4) is 0 Å². The molecule has 2 atom stereocenters. The molecule has 0 spiro atoms. The van der Waals surface area contributed by atoms with Gasteiger partial charge in [-0.25, -0.2) is 0 Å². The Hall–Kier alpha value is -2.85. The molecular weight excluding hydrogens is 348 g/mol. The third-order valence-electron chi connectivity index (χ3n) is 4.95. The van der Waals surface area contributed by atoms with E-state index in [9.17, 15) is 9.59 Å². The summed E-state index contributed by atoms with van der Waals surface area (Å²) in [5, 5.41) is 4.04. The van der Waals surface area contributed by atoms with Gasteiger partial charge >= 0.3 is 0 Å². The van der Waals surface area contributed by atoms with Gasteiger partial charge in [-0.05, 0) is 48.4 Å². The maximum atomic E-state index is 12.8. The first-order valence-corrected chi connectivity index (χ1v) is 8.76. The average molecular weight is 365 g/mol. The zero-order chi connectivity index (χ0) is 18.4. The van der Waals surface area contributed by atoms with Crippen LogP contribution in [0.4, 0.5) is 0 Å². The number of nitrogens with one attached hydrogen (secondary N) is 1. The van der Waals surface area contributed by atoms with E-state index in [0.717, 1.165) is 16.8 Å². The number of nitrogens with zero attached hydrogens (tertiary/aromatic N) is 1. The Labute approximate surface area is 156 Å². The second-order valence-corrected chi connectivity index (χ2v) is 6.84. The summed E-state index contributed by atoms with van der Waals surface area (Å²) >= 11 is 6.31. The van der Waals surface area contributed by atoms with Crippen molar-refractivity contribution in [2.45, 2.75) is 19.0 Å². The van der Waals surface area contributed by atoms with Gasteiger partial charge in [-0.15, -0.1) is 0 Å². The lowest BCUT2D eigenvalue weighted by atomic mass is 9.91. The van der Waals surface area contributed by atoms with Crippen molar-refractivity contribution < 1.29 is 9.59 Å². The smallest absolute Gasteiger partial charge is 0.262 e. The molecule has 4 nitrogen and oxygen atoms in total. The first kappa shape index (κ1) is 16.6. The first-order valence-electron chi connectivity index (χ1n) is 8.38. The van der Waals surface area contributed by atoms with Crippen molar-refractivity contribution in [3.8, 4) is 0 Å². The molecule has 1 unspecified atom stereocenters. The molecule has 1 aliphatic carbocycles. The van der Waals surface area contributed by atoms with Crippen molar-refractivity contribution >= 4 is 23.4 Å². The minimum Gasteiger partial charge on any atom is -0.373 e. The topological polar surface area (TPSA) is 49.4 Å². The largest absolute Gasteiger partial charge is 0.373 e. The van der Waals surface area contributed by atoms with Gasteiger partial charge in [0.2, 0.25) is 0 Å². The Morgan fingerprint density at radius 1 is 1.23 bits per heavy atom. The van der Waals surface area contributed by atoms with Crippen molar-refractivity contribution in [3.05, 3.63) is 94.2 Å². The zero-order valence-corrected chi connectivity index (χ0v) is 15.0. The molecule has 1 N–H and O–H groups in total. The quantitative estimate of drug-likeness (QED) is 0.832. The van der Waals surface area contributed by atoms with Crippen LogP contribution in [0.5, 0.6) is 0 Å². The van der Waals surface area contributed by atoms with E-state index < -0.39 is 6.04 Å². The lowest BCUT2D eigenvalue weighted by Gasteiger charge is -2.33. The molecule has 1 aromatic carbocycles. The van der Waals surface area contributed by atoms with E-state index in [1.165, 1.54) is 4.90 Å². The molecule has 0 bridgehead atoms. The van der Waals surface area contributed by atoms with Crippen LogP contribution in [0.2, 0.25) is 0 Å². The van der Waals surface area contributed by atoms with Crippen LogP contribution in [-0.4, -0.2) is 28.8 Å². The fraction of sp³-hybridized carbons (Fsp3) is 0.143. The molecule has 26 heavy (non-hydrogen) atoms. The molecule has 2 aliphatic heterocycles. The molecule has 2 amide bonds. The van der Waals surface area contributed by atoms with Crippen LogP contribution in [0.1, 0.15) is 27.6 Å². The SMILES string of the molecule is C=CC1=C([C@H](C)N2C(=O)c3ccccc3C2=O)C=C2C=CC=C(Cl)C2N1. The van der Waals surface area contributed by atoms with Crippen LogP contribution >= 0.6 is 11.6 Å². The molecule has 0 aromatic heterocycles. The van der Waals surface area contributed by atoms with E-state index in [1.54, 1.807) is 30.3 Å². The Kier molecular flexibility index (Phi) is 3.93. The first-order chi connectivity index (χ1) is 12.5. The van der Waals surface area contributed by atoms with Gasteiger partial charge in [-0.1, -0.05) is 42.5 Å². The molecule has 0 fully saturated rings. The molecule has 2 heterocycles. The number of imide groups is 1. The summed E-state index contributed by atoms with van der Waals surface area (Å²) in [5.74, 6) is -0.543. The van der Waals surface area contributed by atoms with E-state index in [4.69, 9.17) is 11.6 Å². The Morgan fingerprint density at radius 3 is 2.50 bits per heavy atom. The van der Waals surface area contributed by atoms with E-state index in [2.05, 4.69) is 11.9 Å². The van der Waals surface area contributed by atoms with Crippen LogP contribution in [0, 0.1) is 0 Å². The molecular formula is C21H17ClN2O2. The monoisotopic (exact) mass is 364 g/mol. The van der Waals surface area contributed by atoms with Crippen molar-refractivity contribution in [3.63, 3.8) is 0 Å². The van der Waals surface area contributed by atoms with Crippen molar-refractivity contribution in [1.29, 1.82) is 0 Å². The highest BCUT2D eigenvalue weighted by Crippen LogP contribution is 2.33. The van der Waals surface area contributed by atoms with Crippen molar-refractivity contribution in [2.24, 2.45) is 0 Å². The lowest BCUT2D eigenvalue weighted by Crippen LogP contribution is -2.43. The second kappa shape index (κ2) is 6.15. The maximum Gasteiger partial charge on any atom is 0.262 e. The number of amides is 2. The predicted molar refractivity (Wildman–Crippen MR) is 102 cm³/mol. The van der Waals surface area contributed by atoms with Gasteiger partial charge in [-0.3, -0.25) is 14.5 Å². The van der Waals surface area contributed by atoms with E-state index >= 15 is 0 Å². The Morgan fingerprint density at radius 2 is 1.88 bits per heavy atom. The summed E-state index contributed by atoms with van der Waals surface area (Å²) in [4.78, 5) is 26.9. The number of rotatable bonds is 3. The third-order valence-corrected chi connectivity index (χ3v) is 5.30. The molecule has 1 aromatic rings. The van der Waals surface area contributed by atoms with Gasteiger partial charge in [0.15, 0.2) is 0 Å². The maximum absolute atomic E-state index is 12.8. The minimum atomic E-state index is -0.436. The summed E-state index contributed by atoms with van der Waals surface area (Å²) in [5.41, 5.74) is 3.48. The number of halogens is 1. The molecule has 0 radical (unpaired) electrons. The predicted octanol–water partition coefficient (Wildman–Crippen LogP) is 3.70. The van der Waals surface area contributed by atoms with Crippen molar-refractivity contribution in [2.75, 3.05) is 0 Å². The summed E-state index contributed by atoms with van der Waals surface area (Å²) < 4.78 is 0. The minimum absolute atomic E-state index is 0.132. The number of hydrogen-bond donors (Lipinski definition) is 1. The number of hydrogen-bond acceptors (Lipinski definition) is 3. The molecule has 5 heteroatoms. The number of allylic oxidation sites excluding steroid dienone is 3. The van der Waals surface area contributed by atoms with Gasteiger partial charge in [0.1, 0.15) is 0 Å². The highest BCUT2D eigenvalue weighted by molar-refractivity contribution is 6.31. The zero-order valence-electron chi connectivity index (χ0n) is 14.2. The van der Waals surface area contributed by atoms with Gasteiger partial charge < -0.3 is 5.32 Å². The van der Waals surface area contributed by atoms with Crippen molar-refractivity contribution in [1.82, 2.24) is 10.2 Å². The molecule has 0 saturated heterocycles. The van der Waals surface area contributed by atoms with E-state index in [1.807, 2.05) is 31.2 Å². The van der Waals surface area contributed by atoms with E-state index in [0.29, 0.717) is 16.2 Å². The molecule has 4 rings (SSSR count). The summed E-state index contributed by atoms with van der Waals surface area (Å²) in [6.45, 7) is 5.72. The average Bonchev–Trinajstić information content (AvgIpc) is 2.91. The lowest BCUT2D eigenvalue weighted by molar-refractivity contribution is 0.0619. The second-order valence-electron chi connectivity index (χ2n) is 6.41. The standard InChI is InChI=1S/C21H17ClN2O2/c1-3-18-16(11-13-7-6-10-17(22)19(13)23-18)12(2)24-20(25)14-8-4-5-9-15(14)21(24)26/h3-12,19,23H,1H2,2H3/t12-,19?/m0/s1. The van der Waals surface area contributed by atoms with E-state index in [-0.39, 0.29) is 17.9 Å². The third kappa shape index (κ3) is 2.37. The number of carbonyl (C=O) groups excluding carboxylic acids is 2. The van der Waals surface area contributed by atoms with Gasteiger partial charge in [0, 0.05) is 10.7 Å². The van der Waals surface area contributed by atoms with Crippen LogP contribution < -0.4 is 5.32 Å². The molecule has 3 aliphatic rings. The number of dihydropyridines is 1. The van der Waals surface area contributed by atoms with Gasteiger partial charge in [0.25, 0.3) is 11.8 Å². The number of fused-ring (bicyclic) bond motifs is 2. The van der Waals surface area contributed by atoms with Crippen LogP contribution in [0.25, 0.3) is 0 Å². The molecule has 130 valence electrons. The molecule has 0 saturated carbocycles.